The lowest BCUT2D eigenvalue weighted by Crippen LogP contribution is -2.35. The van der Waals surface area contributed by atoms with E-state index in [2.05, 4.69) is 15.7 Å². The van der Waals surface area contributed by atoms with Crippen LogP contribution in [0.1, 0.15) is 34.6 Å². The van der Waals surface area contributed by atoms with Crippen molar-refractivity contribution in [3.05, 3.63) is 63.8 Å². The van der Waals surface area contributed by atoms with Gasteiger partial charge >= 0.3 is 6.18 Å². The molecule has 172 valence electrons. The number of hydrogen-bond acceptors (Lipinski definition) is 5. The molecule has 0 fully saturated rings. The molecule has 2 atom stereocenters. The number of hydrogen-bond donors (Lipinski definition) is 2. The third-order valence-corrected chi connectivity index (χ3v) is 5.78. The van der Waals surface area contributed by atoms with Crippen LogP contribution in [-0.2, 0) is 0 Å². The molecule has 3 heterocycles. The van der Waals surface area contributed by atoms with Gasteiger partial charge in [-0.05, 0) is 35.9 Å². The quantitative estimate of drug-likeness (QED) is 0.474. The van der Waals surface area contributed by atoms with Gasteiger partial charge < -0.3 is 20.1 Å². The molecule has 1 amide bonds. The Balaban J connectivity index is 1.45. The number of rotatable bonds is 3. The molecule has 0 saturated carbocycles. The molecule has 0 radical (unpaired) electrons. The predicted octanol–water partition coefficient (Wildman–Crippen LogP) is 5.83. The molecule has 7 nitrogen and oxygen atoms in total. The first-order valence-electron chi connectivity index (χ1n) is 9.77. The Morgan fingerprint density at radius 2 is 1.82 bits per heavy atom. The summed E-state index contributed by atoms with van der Waals surface area (Å²) in [6.07, 6.45) is -4.89. The first kappa shape index (κ1) is 21.7. The van der Waals surface area contributed by atoms with Crippen LogP contribution in [0.4, 0.5) is 24.7 Å². The Kier molecular flexibility index (Phi) is 5.29. The molecule has 5 rings (SSSR count). The Hall–Kier alpha value is -3.11. The number of aromatic nitrogens is 2. The van der Waals surface area contributed by atoms with Gasteiger partial charge in [-0.2, -0.15) is 18.3 Å². The summed E-state index contributed by atoms with van der Waals surface area (Å²) >= 11 is 11.9. The number of alkyl halides is 3. The maximum absolute atomic E-state index is 13.9. The van der Waals surface area contributed by atoms with Gasteiger partial charge in [0.15, 0.2) is 23.2 Å². The zero-order valence-corrected chi connectivity index (χ0v) is 18.1. The zero-order valence-electron chi connectivity index (χ0n) is 16.6. The maximum atomic E-state index is 13.9. The molecular weight excluding hydrogens is 484 g/mol. The van der Waals surface area contributed by atoms with Gasteiger partial charge in [0.05, 0.1) is 6.04 Å². The third kappa shape index (κ3) is 4.28. The van der Waals surface area contributed by atoms with Crippen LogP contribution in [0.3, 0.4) is 0 Å². The Morgan fingerprint density at radius 3 is 2.55 bits per heavy atom. The van der Waals surface area contributed by atoms with Crippen LogP contribution in [0, 0.1) is 0 Å². The molecule has 2 aliphatic heterocycles. The van der Waals surface area contributed by atoms with E-state index >= 15 is 0 Å². The molecular formula is C21H15Cl2F3N4O3. The number of carbonyl (C=O) groups is 1. The van der Waals surface area contributed by atoms with Gasteiger partial charge in [0.25, 0.3) is 5.91 Å². The number of benzene rings is 2. The van der Waals surface area contributed by atoms with E-state index in [0.29, 0.717) is 32.8 Å². The molecule has 1 aromatic heterocycles. The third-order valence-electron chi connectivity index (χ3n) is 5.34. The highest BCUT2D eigenvalue weighted by atomic mass is 35.5. The summed E-state index contributed by atoms with van der Waals surface area (Å²) in [7, 11) is 0. The lowest BCUT2D eigenvalue weighted by Gasteiger charge is -2.33. The molecule has 0 aliphatic carbocycles. The molecule has 33 heavy (non-hydrogen) atoms. The van der Waals surface area contributed by atoms with Gasteiger partial charge in [-0.3, -0.25) is 4.79 Å². The molecule has 0 unspecified atom stereocenters. The molecule has 2 N–H and O–H groups in total. The van der Waals surface area contributed by atoms with Gasteiger partial charge in [0.1, 0.15) is 5.82 Å². The second-order valence-electron chi connectivity index (χ2n) is 7.57. The topological polar surface area (TPSA) is 77.4 Å². The van der Waals surface area contributed by atoms with Crippen molar-refractivity contribution in [2.75, 3.05) is 17.4 Å². The highest BCUT2D eigenvalue weighted by Crippen LogP contribution is 2.45. The standard InChI is InChI=1S/C21H15Cl2F3N4O3/c22-11-4-12(23)6-13(5-11)27-20(31)15-8-19-28-14(7-18(21(24,25)26)30(19)29-15)10-1-2-16-17(3-10)33-9-32-16/h1-6,8,14,18,28H,7,9H2,(H,27,31)/t14-,18+/m0/s1. The minimum Gasteiger partial charge on any atom is -0.454 e. The minimum absolute atomic E-state index is 0.0607. The Bertz CT molecular complexity index is 1230. The minimum atomic E-state index is -4.58. The van der Waals surface area contributed by atoms with Gasteiger partial charge in [-0.25, -0.2) is 4.68 Å². The number of carbonyl (C=O) groups excluding carboxylic acids is 1. The molecule has 0 spiro atoms. The normalized spacial score (nSPS) is 19.1. The number of halogens is 5. The van der Waals surface area contributed by atoms with E-state index in [0.717, 1.165) is 4.68 Å². The highest BCUT2D eigenvalue weighted by Gasteiger charge is 2.47. The summed E-state index contributed by atoms with van der Waals surface area (Å²) in [6, 6.07) is 8.08. The second kappa shape index (κ2) is 8.03. The molecule has 2 aromatic carbocycles. The number of nitrogens with zero attached hydrogens (tertiary/aromatic N) is 2. The van der Waals surface area contributed by atoms with Gasteiger partial charge in [0.2, 0.25) is 6.79 Å². The molecule has 0 saturated heterocycles. The van der Waals surface area contributed by atoms with Crippen molar-refractivity contribution < 1.29 is 27.4 Å². The number of fused-ring (bicyclic) bond motifs is 2. The van der Waals surface area contributed by atoms with Crippen LogP contribution in [-0.4, -0.2) is 28.7 Å². The predicted molar refractivity (Wildman–Crippen MR) is 115 cm³/mol. The Morgan fingerprint density at radius 1 is 1.09 bits per heavy atom. The highest BCUT2D eigenvalue weighted by molar-refractivity contribution is 6.35. The molecule has 12 heteroatoms. The van der Waals surface area contributed by atoms with Crippen molar-refractivity contribution in [2.45, 2.75) is 24.7 Å². The first-order valence-corrected chi connectivity index (χ1v) is 10.5. The summed E-state index contributed by atoms with van der Waals surface area (Å²) in [4.78, 5) is 12.7. The van der Waals surface area contributed by atoms with E-state index in [1.54, 1.807) is 18.2 Å². The molecule has 0 bridgehead atoms. The van der Waals surface area contributed by atoms with E-state index < -0.39 is 24.2 Å². The van der Waals surface area contributed by atoms with E-state index in [1.165, 1.54) is 24.3 Å². The summed E-state index contributed by atoms with van der Waals surface area (Å²) in [6.45, 7) is 0.0607. The number of amides is 1. The van der Waals surface area contributed by atoms with Crippen LogP contribution >= 0.6 is 23.2 Å². The summed E-state index contributed by atoms with van der Waals surface area (Å²) in [5, 5.41) is 10.1. The smallest absolute Gasteiger partial charge is 0.410 e. The largest absolute Gasteiger partial charge is 0.454 e. The monoisotopic (exact) mass is 498 g/mol. The number of nitrogens with one attached hydrogen (secondary N) is 2. The van der Waals surface area contributed by atoms with Gasteiger partial charge in [0, 0.05) is 28.2 Å². The van der Waals surface area contributed by atoms with Crippen LogP contribution in [0.2, 0.25) is 10.0 Å². The van der Waals surface area contributed by atoms with Crippen molar-refractivity contribution >= 4 is 40.6 Å². The Labute approximate surface area is 195 Å². The maximum Gasteiger partial charge on any atom is 0.410 e. The van der Waals surface area contributed by atoms with Crippen LogP contribution in [0.15, 0.2) is 42.5 Å². The van der Waals surface area contributed by atoms with Crippen molar-refractivity contribution in [3.8, 4) is 11.5 Å². The van der Waals surface area contributed by atoms with Crippen molar-refractivity contribution in [1.29, 1.82) is 0 Å². The van der Waals surface area contributed by atoms with Crippen LogP contribution in [0.25, 0.3) is 0 Å². The van der Waals surface area contributed by atoms with Crippen LogP contribution < -0.4 is 20.1 Å². The van der Waals surface area contributed by atoms with E-state index in [9.17, 15) is 18.0 Å². The summed E-state index contributed by atoms with van der Waals surface area (Å²) in [5.41, 5.74) is 0.705. The number of ether oxygens (including phenoxy) is 2. The molecule has 3 aromatic rings. The van der Waals surface area contributed by atoms with E-state index in [4.69, 9.17) is 32.7 Å². The van der Waals surface area contributed by atoms with Gasteiger partial charge in [-0.1, -0.05) is 29.3 Å². The van der Waals surface area contributed by atoms with Crippen molar-refractivity contribution in [3.63, 3.8) is 0 Å². The second-order valence-corrected chi connectivity index (χ2v) is 8.45. The fourth-order valence-electron chi connectivity index (χ4n) is 3.85. The van der Waals surface area contributed by atoms with E-state index in [1.807, 2.05) is 0 Å². The first-order chi connectivity index (χ1) is 15.7. The fraction of sp³-hybridized carbons (Fsp3) is 0.238. The van der Waals surface area contributed by atoms with E-state index in [-0.39, 0.29) is 24.7 Å². The summed E-state index contributed by atoms with van der Waals surface area (Å²) < 4.78 is 53.1. The van der Waals surface area contributed by atoms with Gasteiger partial charge in [-0.15, -0.1) is 0 Å². The van der Waals surface area contributed by atoms with Crippen LogP contribution in [0.5, 0.6) is 11.5 Å². The SMILES string of the molecule is O=C(Nc1cc(Cl)cc(Cl)c1)c1cc2n(n1)[C@@H](C(F)(F)F)C[C@@H](c1ccc3c(c1)OCO3)N2. The lowest BCUT2D eigenvalue weighted by atomic mass is 9.96. The number of anilines is 2. The average molecular weight is 499 g/mol. The van der Waals surface area contributed by atoms with Crippen molar-refractivity contribution in [1.82, 2.24) is 9.78 Å². The van der Waals surface area contributed by atoms with Crippen molar-refractivity contribution in [2.24, 2.45) is 0 Å². The average Bonchev–Trinajstić information content (AvgIpc) is 3.37. The summed E-state index contributed by atoms with van der Waals surface area (Å²) in [5.74, 6) is 0.377. The fourth-order valence-corrected chi connectivity index (χ4v) is 4.38. The zero-order chi connectivity index (χ0) is 23.3. The lowest BCUT2D eigenvalue weighted by molar-refractivity contribution is -0.173. The molecule has 2 aliphatic rings.